The number of thioether (sulfide) groups is 1. The summed E-state index contributed by atoms with van der Waals surface area (Å²) in [6.45, 7) is -0.705. The summed E-state index contributed by atoms with van der Waals surface area (Å²) >= 11 is 1.17. The number of halogens is 2. The Bertz CT molecular complexity index is 755. The number of amides is 1. The number of hydrogen-bond acceptors (Lipinski definition) is 6. The Labute approximate surface area is 160 Å². The maximum atomic E-state index is 12.2. The molecule has 1 saturated carbocycles. The van der Waals surface area contributed by atoms with Crippen molar-refractivity contribution in [3.8, 4) is 17.2 Å². The summed E-state index contributed by atoms with van der Waals surface area (Å²) in [6.07, 6.45) is 4.54. The van der Waals surface area contributed by atoms with E-state index in [-0.39, 0.29) is 34.6 Å². The molecule has 1 aromatic heterocycles. The zero-order valence-corrected chi connectivity index (χ0v) is 15.7. The van der Waals surface area contributed by atoms with Crippen molar-refractivity contribution in [3.63, 3.8) is 0 Å². The molecular weight excluding hydrogens is 376 g/mol. The number of nitrogens with zero attached hydrogens (tertiary/aromatic N) is 2. The van der Waals surface area contributed by atoms with Gasteiger partial charge in [0, 0.05) is 11.6 Å². The second kappa shape index (κ2) is 9.16. The molecule has 3 rings (SSSR count). The number of hydrogen-bond donors (Lipinski definition) is 1. The molecule has 1 aliphatic rings. The molecule has 0 spiro atoms. The summed E-state index contributed by atoms with van der Waals surface area (Å²) in [5.41, 5.74) is 0.580. The third-order valence-electron chi connectivity index (χ3n) is 4.52. The van der Waals surface area contributed by atoms with Crippen molar-refractivity contribution in [1.29, 1.82) is 0 Å². The molecule has 1 aliphatic carbocycles. The number of carbonyl (C=O) groups excluding carboxylic acids is 1. The second-order valence-electron chi connectivity index (χ2n) is 6.50. The minimum Gasteiger partial charge on any atom is -0.435 e. The van der Waals surface area contributed by atoms with Crippen molar-refractivity contribution >= 4 is 17.7 Å². The lowest BCUT2D eigenvalue weighted by Crippen LogP contribution is -2.41. The Morgan fingerprint density at radius 1 is 1.30 bits per heavy atom. The van der Waals surface area contributed by atoms with Crippen molar-refractivity contribution in [2.45, 2.75) is 50.5 Å². The van der Waals surface area contributed by atoms with Crippen LogP contribution in [0.15, 0.2) is 33.9 Å². The minimum atomic E-state index is -2.87. The van der Waals surface area contributed by atoms with Gasteiger partial charge < -0.3 is 14.5 Å². The number of alkyl halides is 2. The predicted octanol–water partition coefficient (Wildman–Crippen LogP) is 4.13. The van der Waals surface area contributed by atoms with Crippen LogP contribution in [0.25, 0.3) is 11.5 Å². The van der Waals surface area contributed by atoms with E-state index in [0.717, 1.165) is 19.3 Å². The van der Waals surface area contributed by atoms with E-state index in [9.17, 15) is 13.6 Å². The Kier molecular flexibility index (Phi) is 6.65. The lowest BCUT2D eigenvalue weighted by molar-refractivity contribution is -0.119. The fourth-order valence-corrected chi connectivity index (χ4v) is 3.64. The molecule has 0 radical (unpaired) electrons. The highest BCUT2D eigenvalue weighted by Crippen LogP contribution is 2.26. The van der Waals surface area contributed by atoms with Crippen molar-refractivity contribution in [2.24, 2.45) is 5.92 Å². The monoisotopic (exact) mass is 397 g/mol. The van der Waals surface area contributed by atoms with Crippen LogP contribution in [0.4, 0.5) is 8.78 Å². The lowest BCUT2D eigenvalue weighted by atomic mass is 9.86. The van der Waals surface area contributed by atoms with Gasteiger partial charge in [0.25, 0.3) is 5.22 Å². The molecule has 9 heteroatoms. The third kappa shape index (κ3) is 5.66. The summed E-state index contributed by atoms with van der Waals surface area (Å²) in [5.74, 6) is 0.956. The van der Waals surface area contributed by atoms with Gasteiger partial charge in [-0.2, -0.15) is 8.78 Å². The van der Waals surface area contributed by atoms with Gasteiger partial charge in [-0.1, -0.05) is 31.5 Å². The largest absolute Gasteiger partial charge is 0.435 e. The van der Waals surface area contributed by atoms with Gasteiger partial charge in [0.1, 0.15) is 5.75 Å². The van der Waals surface area contributed by atoms with Crippen LogP contribution in [-0.4, -0.2) is 34.5 Å². The van der Waals surface area contributed by atoms with Crippen molar-refractivity contribution < 1.29 is 22.7 Å². The molecule has 0 bridgehead atoms. The summed E-state index contributed by atoms with van der Waals surface area (Å²) in [4.78, 5) is 12.1. The molecule has 2 unspecified atom stereocenters. The SMILES string of the molecule is CC1CCCCC1NC(=O)CSc1nnc(-c2ccc(OC(F)F)cc2)o1. The molecule has 0 saturated heterocycles. The third-order valence-corrected chi connectivity index (χ3v) is 5.34. The Morgan fingerprint density at radius 2 is 2.04 bits per heavy atom. The zero-order valence-electron chi connectivity index (χ0n) is 14.9. The van der Waals surface area contributed by atoms with Gasteiger partial charge in [0.05, 0.1) is 5.75 Å². The Hall–Kier alpha value is -2.16. The first-order valence-corrected chi connectivity index (χ1v) is 9.81. The molecule has 2 atom stereocenters. The Morgan fingerprint density at radius 3 is 2.74 bits per heavy atom. The second-order valence-corrected chi connectivity index (χ2v) is 7.43. The van der Waals surface area contributed by atoms with Gasteiger partial charge in [-0.25, -0.2) is 0 Å². The van der Waals surface area contributed by atoms with E-state index in [2.05, 4.69) is 27.2 Å². The maximum absolute atomic E-state index is 12.2. The molecule has 146 valence electrons. The summed E-state index contributed by atoms with van der Waals surface area (Å²) < 4.78 is 34.2. The number of nitrogens with one attached hydrogen (secondary N) is 1. The van der Waals surface area contributed by atoms with Crippen LogP contribution in [0.1, 0.15) is 32.6 Å². The molecule has 1 fully saturated rings. The van der Waals surface area contributed by atoms with E-state index in [0.29, 0.717) is 11.5 Å². The maximum Gasteiger partial charge on any atom is 0.387 e. The van der Waals surface area contributed by atoms with E-state index in [1.165, 1.54) is 30.3 Å². The molecule has 0 aliphatic heterocycles. The van der Waals surface area contributed by atoms with Crippen LogP contribution in [-0.2, 0) is 4.79 Å². The highest BCUT2D eigenvalue weighted by atomic mass is 32.2. The summed E-state index contributed by atoms with van der Waals surface area (Å²) in [5, 5.41) is 11.2. The molecule has 27 heavy (non-hydrogen) atoms. The summed E-state index contributed by atoms with van der Waals surface area (Å²) in [7, 11) is 0. The molecule has 1 amide bonds. The average molecular weight is 397 g/mol. The Balaban J connectivity index is 1.51. The van der Waals surface area contributed by atoms with E-state index >= 15 is 0 Å². The molecule has 1 heterocycles. The van der Waals surface area contributed by atoms with Crippen molar-refractivity contribution in [2.75, 3.05) is 5.75 Å². The molecular formula is C18H21F2N3O3S. The van der Waals surface area contributed by atoms with Crippen molar-refractivity contribution in [3.05, 3.63) is 24.3 Å². The number of benzene rings is 1. The fraction of sp³-hybridized carbons (Fsp3) is 0.500. The molecule has 1 N–H and O–H groups in total. The van der Waals surface area contributed by atoms with Gasteiger partial charge in [-0.15, -0.1) is 10.2 Å². The molecule has 6 nitrogen and oxygen atoms in total. The van der Waals surface area contributed by atoms with Crippen LogP contribution in [0.2, 0.25) is 0 Å². The number of carbonyl (C=O) groups is 1. The molecule has 1 aromatic carbocycles. The number of aromatic nitrogens is 2. The van der Waals surface area contributed by atoms with Crippen LogP contribution in [0.5, 0.6) is 5.75 Å². The summed E-state index contributed by atoms with van der Waals surface area (Å²) in [6, 6.07) is 6.14. The topological polar surface area (TPSA) is 77.2 Å². The first kappa shape index (κ1) is 19.6. The van der Waals surface area contributed by atoms with Crippen molar-refractivity contribution in [1.82, 2.24) is 15.5 Å². The number of ether oxygens (including phenoxy) is 1. The fourth-order valence-electron chi connectivity index (χ4n) is 3.07. The van der Waals surface area contributed by atoms with Gasteiger partial charge in [0.15, 0.2) is 0 Å². The lowest BCUT2D eigenvalue weighted by Gasteiger charge is -2.29. The van der Waals surface area contributed by atoms with E-state index < -0.39 is 6.61 Å². The number of rotatable bonds is 7. The highest BCUT2D eigenvalue weighted by molar-refractivity contribution is 7.99. The van der Waals surface area contributed by atoms with Gasteiger partial charge in [-0.3, -0.25) is 4.79 Å². The zero-order chi connectivity index (χ0) is 19.2. The quantitative estimate of drug-likeness (QED) is 0.708. The molecule has 2 aromatic rings. The highest BCUT2D eigenvalue weighted by Gasteiger charge is 2.23. The van der Waals surface area contributed by atoms with E-state index in [4.69, 9.17) is 4.42 Å². The minimum absolute atomic E-state index is 0.0491. The smallest absolute Gasteiger partial charge is 0.387 e. The standard InChI is InChI=1S/C18H21F2N3O3S/c1-11-4-2-3-5-14(11)21-15(24)10-27-18-23-22-16(26-18)12-6-8-13(9-7-12)25-17(19)20/h6-9,11,14,17H,2-5,10H2,1H3,(H,21,24). The van der Waals surface area contributed by atoms with Crippen LogP contribution >= 0.6 is 11.8 Å². The van der Waals surface area contributed by atoms with Gasteiger partial charge in [-0.05, 0) is 43.0 Å². The van der Waals surface area contributed by atoms with Gasteiger partial charge in [0.2, 0.25) is 11.8 Å². The average Bonchev–Trinajstić information content (AvgIpc) is 3.11. The van der Waals surface area contributed by atoms with Gasteiger partial charge >= 0.3 is 6.61 Å². The predicted molar refractivity (Wildman–Crippen MR) is 96.7 cm³/mol. The first-order valence-electron chi connectivity index (χ1n) is 8.82. The van der Waals surface area contributed by atoms with Crippen LogP contribution < -0.4 is 10.1 Å². The van der Waals surface area contributed by atoms with Crippen LogP contribution in [0.3, 0.4) is 0 Å². The van der Waals surface area contributed by atoms with Crippen LogP contribution in [0, 0.1) is 5.92 Å². The van der Waals surface area contributed by atoms with E-state index in [1.807, 2.05) is 0 Å². The van der Waals surface area contributed by atoms with E-state index in [1.54, 1.807) is 12.1 Å². The first-order chi connectivity index (χ1) is 13.0. The normalized spacial score (nSPS) is 19.9.